The van der Waals surface area contributed by atoms with Crippen molar-refractivity contribution in [1.82, 2.24) is 10.3 Å². The standard InChI is InChI=1S/C20H25N3O3/c1-25-17-5-4-6-18(13-17)26-15-20(24)22-14-16-8-11-23(12-9-16)19-7-2-3-10-21-19/h2-7,10,13,16H,8-9,11-12,14-15H2,1H3,(H,22,24). The summed E-state index contributed by atoms with van der Waals surface area (Å²) in [5, 5.41) is 2.98. The van der Waals surface area contributed by atoms with Crippen LogP contribution in [0.1, 0.15) is 12.8 Å². The average molecular weight is 355 g/mol. The maximum Gasteiger partial charge on any atom is 0.257 e. The first-order chi connectivity index (χ1) is 12.7. The van der Waals surface area contributed by atoms with E-state index >= 15 is 0 Å². The molecule has 0 bridgehead atoms. The Labute approximate surface area is 154 Å². The molecule has 1 fully saturated rings. The number of nitrogens with one attached hydrogen (secondary N) is 1. The fourth-order valence-electron chi connectivity index (χ4n) is 3.06. The Morgan fingerprint density at radius 3 is 2.73 bits per heavy atom. The van der Waals surface area contributed by atoms with Gasteiger partial charge >= 0.3 is 0 Å². The van der Waals surface area contributed by atoms with Gasteiger partial charge in [0.2, 0.25) is 0 Å². The lowest BCUT2D eigenvalue weighted by atomic mass is 9.97. The molecule has 6 nitrogen and oxygen atoms in total. The Hall–Kier alpha value is -2.76. The van der Waals surface area contributed by atoms with Gasteiger partial charge in [-0.25, -0.2) is 4.98 Å². The lowest BCUT2D eigenvalue weighted by Gasteiger charge is -2.32. The van der Waals surface area contributed by atoms with Gasteiger partial charge in [-0.3, -0.25) is 4.79 Å². The number of rotatable bonds is 7. The average Bonchev–Trinajstić information content (AvgIpc) is 2.72. The first-order valence-corrected chi connectivity index (χ1v) is 8.94. The number of methoxy groups -OCH3 is 1. The number of benzene rings is 1. The van der Waals surface area contributed by atoms with E-state index in [0.717, 1.165) is 31.7 Å². The number of piperidine rings is 1. The summed E-state index contributed by atoms with van der Waals surface area (Å²) in [5.74, 6) is 2.77. The second-order valence-corrected chi connectivity index (χ2v) is 6.39. The van der Waals surface area contributed by atoms with Gasteiger partial charge in [0, 0.05) is 31.9 Å². The molecule has 26 heavy (non-hydrogen) atoms. The van der Waals surface area contributed by atoms with E-state index < -0.39 is 0 Å². The molecule has 1 aromatic carbocycles. The number of carbonyl (C=O) groups is 1. The van der Waals surface area contributed by atoms with Crippen LogP contribution in [0.15, 0.2) is 48.7 Å². The molecule has 138 valence electrons. The van der Waals surface area contributed by atoms with Crippen LogP contribution in [0.3, 0.4) is 0 Å². The van der Waals surface area contributed by atoms with Gasteiger partial charge in [-0.15, -0.1) is 0 Å². The van der Waals surface area contributed by atoms with Crippen LogP contribution in [0, 0.1) is 5.92 Å². The van der Waals surface area contributed by atoms with Crippen LogP contribution in [-0.2, 0) is 4.79 Å². The number of hydrogen-bond donors (Lipinski definition) is 1. The number of hydrogen-bond acceptors (Lipinski definition) is 5. The summed E-state index contributed by atoms with van der Waals surface area (Å²) in [5.41, 5.74) is 0. The van der Waals surface area contributed by atoms with Crippen LogP contribution in [-0.4, -0.2) is 44.2 Å². The van der Waals surface area contributed by atoms with Crippen LogP contribution in [0.2, 0.25) is 0 Å². The Morgan fingerprint density at radius 2 is 2.00 bits per heavy atom. The molecule has 6 heteroatoms. The minimum absolute atomic E-state index is 0.0138. The highest BCUT2D eigenvalue weighted by Crippen LogP contribution is 2.21. The van der Waals surface area contributed by atoms with Gasteiger partial charge in [-0.05, 0) is 43.0 Å². The zero-order chi connectivity index (χ0) is 18.2. The van der Waals surface area contributed by atoms with Crippen molar-refractivity contribution < 1.29 is 14.3 Å². The third-order valence-electron chi connectivity index (χ3n) is 4.59. The van der Waals surface area contributed by atoms with Crippen LogP contribution in [0.25, 0.3) is 0 Å². The van der Waals surface area contributed by atoms with Crippen molar-refractivity contribution in [3.63, 3.8) is 0 Å². The highest BCUT2D eigenvalue weighted by Gasteiger charge is 2.20. The van der Waals surface area contributed by atoms with Crippen LogP contribution < -0.4 is 19.7 Å². The van der Waals surface area contributed by atoms with Gasteiger partial charge in [0.1, 0.15) is 17.3 Å². The zero-order valence-corrected chi connectivity index (χ0v) is 15.1. The maximum atomic E-state index is 12.0. The van der Waals surface area contributed by atoms with Crippen molar-refractivity contribution in [3.8, 4) is 11.5 Å². The number of pyridine rings is 1. The van der Waals surface area contributed by atoms with E-state index in [0.29, 0.717) is 24.0 Å². The minimum atomic E-state index is -0.0972. The predicted molar refractivity (Wildman–Crippen MR) is 101 cm³/mol. The van der Waals surface area contributed by atoms with Gasteiger partial charge in [-0.1, -0.05) is 12.1 Å². The Bertz CT molecular complexity index is 700. The molecule has 0 aliphatic carbocycles. The van der Waals surface area contributed by atoms with Crippen LogP contribution >= 0.6 is 0 Å². The molecule has 0 spiro atoms. The van der Waals surface area contributed by atoms with E-state index in [1.807, 2.05) is 42.6 Å². The van der Waals surface area contributed by atoms with Crippen molar-refractivity contribution in [2.75, 3.05) is 38.3 Å². The van der Waals surface area contributed by atoms with Gasteiger partial charge in [0.25, 0.3) is 5.91 Å². The first-order valence-electron chi connectivity index (χ1n) is 8.94. The van der Waals surface area contributed by atoms with Gasteiger partial charge in [0.15, 0.2) is 6.61 Å². The highest BCUT2D eigenvalue weighted by atomic mass is 16.5. The summed E-state index contributed by atoms with van der Waals surface area (Å²) in [6, 6.07) is 13.2. The fourth-order valence-corrected chi connectivity index (χ4v) is 3.06. The Morgan fingerprint density at radius 1 is 1.19 bits per heavy atom. The molecular weight excluding hydrogens is 330 g/mol. The largest absolute Gasteiger partial charge is 0.497 e. The third-order valence-corrected chi connectivity index (χ3v) is 4.59. The summed E-state index contributed by atoms with van der Waals surface area (Å²) >= 11 is 0. The highest BCUT2D eigenvalue weighted by molar-refractivity contribution is 5.77. The van der Waals surface area contributed by atoms with E-state index in [9.17, 15) is 4.79 Å². The van der Waals surface area contributed by atoms with E-state index in [4.69, 9.17) is 9.47 Å². The molecule has 1 aliphatic heterocycles. The summed E-state index contributed by atoms with van der Waals surface area (Å²) in [4.78, 5) is 18.7. The van der Waals surface area contributed by atoms with Gasteiger partial charge < -0.3 is 19.7 Å². The van der Waals surface area contributed by atoms with Crippen molar-refractivity contribution in [2.45, 2.75) is 12.8 Å². The second kappa shape index (κ2) is 9.08. The van der Waals surface area contributed by atoms with Gasteiger partial charge in [0.05, 0.1) is 7.11 Å². The van der Waals surface area contributed by atoms with E-state index in [2.05, 4.69) is 15.2 Å². The lowest BCUT2D eigenvalue weighted by molar-refractivity contribution is -0.123. The number of amides is 1. The normalized spacial score (nSPS) is 14.7. The molecule has 2 heterocycles. The summed E-state index contributed by atoms with van der Waals surface area (Å²) in [6.07, 6.45) is 3.92. The monoisotopic (exact) mass is 355 g/mol. The third kappa shape index (κ3) is 5.12. The maximum absolute atomic E-state index is 12.0. The van der Waals surface area contributed by atoms with Crippen LogP contribution in [0.5, 0.6) is 11.5 Å². The molecule has 0 unspecified atom stereocenters. The molecule has 3 rings (SSSR count). The Balaban J connectivity index is 1.36. The SMILES string of the molecule is COc1cccc(OCC(=O)NCC2CCN(c3ccccn3)CC2)c1. The second-order valence-electron chi connectivity index (χ2n) is 6.39. The predicted octanol–water partition coefficient (Wildman–Crippen LogP) is 2.50. The molecule has 0 atom stereocenters. The molecule has 1 aromatic heterocycles. The first kappa shape index (κ1) is 18.0. The summed E-state index contributed by atoms with van der Waals surface area (Å²) in [7, 11) is 1.60. The quantitative estimate of drug-likeness (QED) is 0.827. The topological polar surface area (TPSA) is 63.7 Å². The lowest BCUT2D eigenvalue weighted by Crippen LogP contribution is -2.40. The molecule has 1 amide bonds. The Kier molecular flexibility index (Phi) is 6.30. The molecule has 1 N–H and O–H groups in total. The number of anilines is 1. The summed E-state index contributed by atoms with van der Waals surface area (Å²) in [6.45, 7) is 2.64. The van der Waals surface area contributed by atoms with E-state index in [-0.39, 0.29) is 12.5 Å². The fraction of sp³-hybridized carbons (Fsp3) is 0.400. The van der Waals surface area contributed by atoms with E-state index in [1.54, 1.807) is 13.2 Å². The minimum Gasteiger partial charge on any atom is -0.497 e. The number of aromatic nitrogens is 1. The molecule has 0 saturated carbocycles. The molecule has 0 radical (unpaired) electrons. The van der Waals surface area contributed by atoms with Crippen LogP contribution in [0.4, 0.5) is 5.82 Å². The summed E-state index contributed by atoms with van der Waals surface area (Å²) < 4.78 is 10.7. The molecule has 1 aliphatic rings. The van der Waals surface area contributed by atoms with Crippen molar-refractivity contribution in [1.29, 1.82) is 0 Å². The van der Waals surface area contributed by atoms with Crippen molar-refractivity contribution in [2.24, 2.45) is 5.92 Å². The van der Waals surface area contributed by atoms with Crippen molar-refractivity contribution in [3.05, 3.63) is 48.7 Å². The number of carbonyl (C=O) groups excluding carboxylic acids is 1. The van der Waals surface area contributed by atoms with Crippen molar-refractivity contribution >= 4 is 11.7 Å². The molecule has 1 saturated heterocycles. The number of ether oxygens (including phenoxy) is 2. The molecule has 2 aromatic rings. The molecular formula is C20H25N3O3. The number of nitrogens with zero attached hydrogens (tertiary/aromatic N) is 2. The smallest absolute Gasteiger partial charge is 0.257 e. The zero-order valence-electron chi connectivity index (χ0n) is 15.1. The van der Waals surface area contributed by atoms with Gasteiger partial charge in [-0.2, -0.15) is 0 Å². The van der Waals surface area contributed by atoms with E-state index in [1.165, 1.54) is 0 Å².